The van der Waals surface area contributed by atoms with Crippen molar-refractivity contribution in [3.63, 3.8) is 0 Å². The molecule has 1 heterocycles. The van der Waals surface area contributed by atoms with Crippen molar-refractivity contribution in [1.29, 1.82) is 0 Å². The molecule has 1 fully saturated rings. The summed E-state index contributed by atoms with van der Waals surface area (Å²) in [6, 6.07) is 10.8. The van der Waals surface area contributed by atoms with Gasteiger partial charge in [-0.25, -0.2) is 0 Å². The van der Waals surface area contributed by atoms with Crippen molar-refractivity contribution in [2.45, 2.75) is 6.04 Å². The van der Waals surface area contributed by atoms with Crippen molar-refractivity contribution in [2.75, 3.05) is 20.3 Å². The molecule has 2 aromatic rings. The molecule has 1 amide bonds. The van der Waals surface area contributed by atoms with E-state index < -0.39 is 22.7 Å². The molecule has 1 N–H and O–H groups in total. The third-order valence-corrected chi connectivity index (χ3v) is 4.87. The van der Waals surface area contributed by atoms with Crippen molar-refractivity contribution in [3.05, 3.63) is 80.4 Å². The zero-order valence-corrected chi connectivity index (χ0v) is 16.1. The van der Waals surface area contributed by atoms with Gasteiger partial charge in [0.15, 0.2) is 0 Å². The number of nitro groups is 1. The number of ketones is 1. The molecule has 8 nitrogen and oxygen atoms in total. The molecule has 0 spiro atoms. The number of Topliss-reactive ketones (excluding diaryl/α,β-unsaturated/α-hetero) is 1. The number of rotatable bonds is 6. The first kappa shape index (κ1) is 20.5. The van der Waals surface area contributed by atoms with E-state index in [1.54, 1.807) is 12.1 Å². The highest BCUT2D eigenvalue weighted by Crippen LogP contribution is 2.39. The number of benzene rings is 2. The average Bonchev–Trinajstić information content (AvgIpc) is 2.97. The molecule has 1 atom stereocenters. The Bertz CT molecular complexity index is 985. The van der Waals surface area contributed by atoms with Gasteiger partial charge in [-0.15, -0.1) is 0 Å². The number of aliphatic hydroxyl groups excluding tert-OH is 1. The van der Waals surface area contributed by atoms with Crippen LogP contribution in [0.2, 0.25) is 5.02 Å². The van der Waals surface area contributed by atoms with Gasteiger partial charge >= 0.3 is 0 Å². The molecule has 0 saturated carbocycles. The second-order valence-electron chi connectivity index (χ2n) is 6.34. The largest absolute Gasteiger partial charge is 0.507 e. The van der Waals surface area contributed by atoms with Gasteiger partial charge in [0.25, 0.3) is 17.4 Å². The molecule has 1 aliphatic heterocycles. The van der Waals surface area contributed by atoms with Gasteiger partial charge in [-0.05, 0) is 42.0 Å². The van der Waals surface area contributed by atoms with Crippen LogP contribution in [0.5, 0.6) is 0 Å². The minimum absolute atomic E-state index is 0.0951. The molecule has 0 bridgehead atoms. The first-order valence-corrected chi connectivity index (χ1v) is 9.00. The lowest BCUT2D eigenvalue weighted by molar-refractivity contribution is -0.384. The number of amides is 1. The topological polar surface area (TPSA) is 110 Å². The Labute approximate surface area is 171 Å². The van der Waals surface area contributed by atoms with Gasteiger partial charge in [0.1, 0.15) is 5.76 Å². The monoisotopic (exact) mass is 416 g/mol. The zero-order chi connectivity index (χ0) is 21.1. The van der Waals surface area contributed by atoms with Crippen LogP contribution in [0.4, 0.5) is 5.69 Å². The molecular formula is C20H17ClN2O6. The van der Waals surface area contributed by atoms with Gasteiger partial charge in [0.2, 0.25) is 0 Å². The van der Waals surface area contributed by atoms with Crippen LogP contribution < -0.4 is 0 Å². The summed E-state index contributed by atoms with van der Waals surface area (Å²) in [6.07, 6.45) is 0. The predicted molar refractivity (Wildman–Crippen MR) is 105 cm³/mol. The van der Waals surface area contributed by atoms with Crippen LogP contribution in [-0.4, -0.2) is 46.9 Å². The highest BCUT2D eigenvalue weighted by atomic mass is 35.5. The summed E-state index contributed by atoms with van der Waals surface area (Å²) in [6.45, 7) is 0.289. The third-order valence-electron chi connectivity index (χ3n) is 4.61. The van der Waals surface area contributed by atoms with E-state index in [0.29, 0.717) is 16.1 Å². The molecule has 0 aliphatic carbocycles. The SMILES string of the molecule is COCCN1C(=O)C(=O)C(=C(O)c2ccc(Cl)cc2)[C@@H]1c1ccc([N+](=O)[O-])cc1. The molecule has 0 radical (unpaired) electrons. The average molecular weight is 417 g/mol. The van der Waals surface area contributed by atoms with Crippen molar-refractivity contribution in [1.82, 2.24) is 4.90 Å². The second-order valence-corrected chi connectivity index (χ2v) is 6.78. The number of carbonyl (C=O) groups excluding carboxylic acids is 2. The normalized spacial score (nSPS) is 18.3. The van der Waals surface area contributed by atoms with Crippen LogP contribution in [0.15, 0.2) is 54.1 Å². The van der Waals surface area contributed by atoms with E-state index in [-0.39, 0.29) is 30.2 Å². The Morgan fingerprint density at radius 2 is 1.79 bits per heavy atom. The summed E-state index contributed by atoms with van der Waals surface area (Å²) in [5.41, 5.74) is 0.565. The van der Waals surface area contributed by atoms with Gasteiger partial charge in [-0.1, -0.05) is 11.6 Å². The van der Waals surface area contributed by atoms with Crippen molar-refractivity contribution < 1.29 is 24.4 Å². The van der Waals surface area contributed by atoms with Gasteiger partial charge in [0, 0.05) is 36.4 Å². The third kappa shape index (κ3) is 3.98. The number of nitro benzene ring substituents is 1. The number of ether oxygens (including phenoxy) is 1. The Morgan fingerprint density at radius 1 is 1.17 bits per heavy atom. The maximum atomic E-state index is 12.7. The number of non-ortho nitro benzene ring substituents is 1. The molecule has 150 valence electrons. The van der Waals surface area contributed by atoms with Gasteiger partial charge in [-0.2, -0.15) is 0 Å². The Balaban J connectivity index is 2.14. The number of hydrogen-bond donors (Lipinski definition) is 1. The Hall–Kier alpha value is -3.23. The maximum absolute atomic E-state index is 12.7. The molecule has 1 saturated heterocycles. The van der Waals surface area contributed by atoms with E-state index in [9.17, 15) is 24.8 Å². The zero-order valence-electron chi connectivity index (χ0n) is 15.4. The van der Waals surface area contributed by atoms with E-state index >= 15 is 0 Å². The van der Waals surface area contributed by atoms with Crippen molar-refractivity contribution in [2.24, 2.45) is 0 Å². The number of methoxy groups -OCH3 is 1. The fraction of sp³-hybridized carbons (Fsp3) is 0.200. The number of hydrogen-bond acceptors (Lipinski definition) is 6. The number of nitrogens with zero attached hydrogens (tertiary/aromatic N) is 2. The van der Waals surface area contributed by atoms with Crippen LogP contribution in [0.3, 0.4) is 0 Å². The number of carbonyl (C=O) groups is 2. The van der Waals surface area contributed by atoms with Crippen LogP contribution in [-0.2, 0) is 14.3 Å². The summed E-state index contributed by atoms with van der Waals surface area (Å²) < 4.78 is 5.03. The summed E-state index contributed by atoms with van der Waals surface area (Å²) in [7, 11) is 1.46. The van der Waals surface area contributed by atoms with Crippen LogP contribution >= 0.6 is 11.6 Å². The number of aliphatic hydroxyl groups is 1. The maximum Gasteiger partial charge on any atom is 0.295 e. The predicted octanol–water partition coefficient (Wildman–Crippen LogP) is 3.32. The van der Waals surface area contributed by atoms with Gasteiger partial charge in [0.05, 0.1) is 23.1 Å². The van der Waals surface area contributed by atoms with E-state index in [4.69, 9.17) is 16.3 Å². The fourth-order valence-electron chi connectivity index (χ4n) is 3.19. The molecule has 0 unspecified atom stereocenters. The lowest BCUT2D eigenvalue weighted by atomic mass is 9.95. The van der Waals surface area contributed by atoms with Crippen LogP contribution in [0.25, 0.3) is 5.76 Å². The highest BCUT2D eigenvalue weighted by molar-refractivity contribution is 6.46. The summed E-state index contributed by atoms with van der Waals surface area (Å²) in [4.78, 5) is 37.0. The summed E-state index contributed by atoms with van der Waals surface area (Å²) in [5.74, 6) is -1.96. The van der Waals surface area contributed by atoms with Crippen molar-refractivity contribution >= 4 is 34.7 Å². The van der Waals surface area contributed by atoms with Crippen LogP contribution in [0.1, 0.15) is 17.2 Å². The summed E-state index contributed by atoms with van der Waals surface area (Å²) in [5, 5.41) is 22.2. The molecular weight excluding hydrogens is 400 g/mol. The highest BCUT2D eigenvalue weighted by Gasteiger charge is 2.45. The quantitative estimate of drug-likeness (QED) is 0.254. The lowest BCUT2D eigenvalue weighted by Crippen LogP contribution is -2.32. The standard InChI is InChI=1S/C20H17ClN2O6/c1-29-11-10-22-17(12-4-8-15(9-5-12)23(27)28)16(19(25)20(22)26)18(24)13-2-6-14(21)7-3-13/h2-9,17,24H,10-11H2,1H3/t17-/m0/s1. The molecule has 3 rings (SSSR count). The smallest absolute Gasteiger partial charge is 0.295 e. The van der Waals surface area contributed by atoms with Crippen LogP contribution in [0, 0.1) is 10.1 Å². The molecule has 9 heteroatoms. The molecule has 0 aromatic heterocycles. The lowest BCUT2D eigenvalue weighted by Gasteiger charge is -2.25. The minimum atomic E-state index is -0.901. The van der Waals surface area contributed by atoms with E-state index in [2.05, 4.69) is 0 Å². The van der Waals surface area contributed by atoms with E-state index in [0.717, 1.165) is 0 Å². The Morgan fingerprint density at radius 3 is 2.34 bits per heavy atom. The fourth-order valence-corrected chi connectivity index (χ4v) is 3.31. The first-order valence-electron chi connectivity index (χ1n) is 8.62. The van der Waals surface area contributed by atoms with Gasteiger partial charge < -0.3 is 14.7 Å². The Kier molecular flexibility index (Phi) is 5.95. The minimum Gasteiger partial charge on any atom is -0.507 e. The molecule has 29 heavy (non-hydrogen) atoms. The number of likely N-dealkylation sites (tertiary alicyclic amines) is 1. The van der Waals surface area contributed by atoms with E-state index in [1.165, 1.54) is 48.4 Å². The molecule has 2 aromatic carbocycles. The summed E-state index contributed by atoms with van der Waals surface area (Å²) >= 11 is 5.88. The van der Waals surface area contributed by atoms with Gasteiger partial charge in [-0.3, -0.25) is 19.7 Å². The molecule has 1 aliphatic rings. The number of halogens is 1. The second kappa shape index (κ2) is 8.42. The van der Waals surface area contributed by atoms with Crippen molar-refractivity contribution in [3.8, 4) is 0 Å². The van der Waals surface area contributed by atoms with E-state index in [1.807, 2.05) is 0 Å². The first-order chi connectivity index (χ1) is 13.8.